The Balaban J connectivity index is 2.58. The van der Waals surface area contributed by atoms with E-state index in [4.69, 9.17) is 11.6 Å². The van der Waals surface area contributed by atoms with E-state index in [1.54, 1.807) is 0 Å². The Morgan fingerprint density at radius 1 is 1.54 bits per heavy atom. The lowest BCUT2D eigenvalue weighted by Gasteiger charge is -2.23. The van der Waals surface area contributed by atoms with Crippen LogP contribution in [0.2, 0.25) is 0 Å². The van der Waals surface area contributed by atoms with Crippen LogP contribution < -0.4 is 0 Å². The second kappa shape index (κ2) is 2.88. The van der Waals surface area contributed by atoms with Crippen LogP contribution >= 0.6 is 11.6 Å². The summed E-state index contributed by atoms with van der Waals surface area (Å²) in [4.78, 5) is 4.31. The smallest absolute Gasteiger partial charge is 0.0952 e. The molecule has 0 aromatic carbocycles. The number of allylic oxidation sites excluding steroid dienone is 1. The molecule has 13 heavy (non-hydrogen) atoms. The van der Waals surface area contributed by atoms with Crippen molar-refractivity contribution in [2.45, 2.75) is 19.2 Å². The lowest BCUT2D eigenvalue weighted by molar-refractivity contribution is 0.634. The molecule has 1 aliphatic carbocycles. The van der Waals surface area contributed by atoms with Crippen molar-refractivity contribution in [2.24, 2.45) is 13.0 Å². The predicted octanol–water partition coefficient (Wildman–Crippen LogP) is 2.75. The zero-order valence-electron chi connectivity index (χ0n) is 8.08. The Morgan fingerprint density at radius 2 is 2.23 bits per heavy atom. The Hall–Kier alpha value is -0.760. The van der Waals surface area contributed by atoms with Crippen molar-refractivity contribution in [1.29, 1.82) is 0 Å². The van der Waals surface area contributed by atoms with Crippen LogP contribution in [0.1, 0.15) is 30.6 Å². The van der Waals surface area contributed by atoms with Gasteiger partial charge < -0.3 is 4.57 Å². The molecule has 2 nitrogen and oxygen atoms in total. The maximum atomic E-state index is 6.29. The summed E-state index contributed by atoms with van der Waals surface area (Å²) in [5.74, 6) is 0.393. The topological polar surface area (TPSA) is 17.8 Å². The number of halogens is 1. The fourth-order valence-corrected chi connectivity index (χ4v) is 2.03. The largest absolute Gasteiger partial charge is 0.334 e. The molecular weight excluding hydrogens is 184 g/mol. The van der Waals surface area contributed by atoms with Crippen LogP contribution in [0.4, 0.5) is 0 Å². The lowest BCUT2D eigenvalue weighted by Crippen LogP contribution is -2.12. The minimum atomic E-state index is 0.0289. The molecule has 1 unspecified atom stereocenters. The highest BCUT2D eigenvalue weighted by Gasteiger charge is 2.27. The molecule has 0 aliphatic heterocycles. The van der Waals surface area contributed by atoms with E-state index in [1.165, 1.54) is 5.57 Å². The maximum absolute atomic E-state index is 6.29. The van der Waals surface area contributed by atoms with E-state index in [-0.39, 0.29) is 5.38 Å². The van der Waals surface area contributed by atoms with E-state index in [9.17, 15) is 0 Å². The summed E-state index contributed by atoms with van der Waals surface area (Å²) in [5.41, 5.74) is 3.49. The molecule has 2 rings (SSSR count). The molecule has 1 heterocycles. The first-order valence-electron chi connectivity index (χ1n) is 4.44. The number of imidazole rings is 1. The molecular formula is C10H13ClN2. The van der Waals surface area contributed by atoms with E-state index < -0.39 is 0 Å². The van der Waals surface area contributed by atoms with Gasteiger partial charge >= 0.3 is 0 Å². The van der Waals surface area contributed by atoms with Crippen molar-refractivity contribution < 1.29 is 0 Å². The molecule has 0 saturated heterocycles. The van der Waals surface area contributed by atoms with Crippen LogP contribution in [0.25, 0.3) is 6.08 Å². The van der Waals surface area contributed by atoms with E-state index in [1.807, 2.05) is 17.9 Å². The molecule has 0 radical (unpaired) electrons. The number of hydrogen-bond donors (Lipinski definition) is 0. The molecule has 3 heteroatoms. The molecule has 0 N–H and O–H groups in total. The lowest BCUT2D eigenvalue weighted by atomic mass is 9.90. The molecule has 0 amide bonds. The third kappa shape index (κ3) is 1.20. The number of nitrogens with zero attached hydrogens (tertiary/aromatic N) is 2. The van der Waals surface area contributed by atoms with Gasteiger partial charge in [0.05, 0.1) is 23.1 Å². The minimum absolute atomic E-state index is 0.0289. The molecule has 1 aromatic heterocycles. The Bertz CT molecular complexity index is 365. The first kappa shape index (κ1) is 8.82. The highest BCUT2D eigenvalue weighted by atomic mass is 35.5. The molecule has 70 valence electrons. The first-order chi connectivity index (χ1) is 6.11. The van der Waals surface area contributed by atoms with Crippen LogP contribution in [0.5, 0.6) is 0 Å². The van der Waals surface area contributed by atoms with Crippen molar-refractivity contribution in [2.75, 3.05) is 0 Å². The third-order valence-electron chi connectivity index (χ3n) is 2.80. The molecule has 1 aliphatic rings. The number of rotatable bonds is 0. The minimum Gasteiger partial charge on any atom is -0.334 e. The van der Waals surface area contributed by atoms with Crippen LogP contribution in [0.3, 0.4) is 0 Å². The molecule has 1 aromatic rings. The summed E-state index contributed by atoms with van der Waals surface area (Å²) in [5, 5.41) is 0.0289. The quantitative estimate of drug-likeness (QED) is 0.584. The third-order valence-corrected chi connectivity index (χ3v) is 3.38. The highest BCUT2D eigenvalue weighted by Crippen LogP contribution is 2.39. The van der Waals surface area contributed by atoms with Crippen LogP contribution in [-0.4, -0.2) is 9.55 Å². The molecule has 0 bridgehead atoms. The normalized spacial score (nSPS) is 26.9. The fraction of sp³-hybridized carbons (Fsp3) is 0.500. The van der Waals surface area contributed by atoms with Gasteiger partial charge in [0.2, 0.25) is 0 Å². The SMILES string of the molecule is CC1=Cc2c(ncn2C)C(Cl)[C@H]1C. The molecule has 0 fully saturated rings. The summed E-state index contributed by atoms with van der Waals surface area (Å²) in [7, 11) is 2.00. The number of hydrogen-bond acceptors (Lipinski definition) is 1. The number of aryl methyl sites for hydroxylation is 1. The van der Waals surface area contributed by atoms with Gasteiger partial charge in [0.25, 0.3) is 0 Å². The molecule has 0 spiro atoms. The van der Waals surface area contributed by atoms with Crippen molar-refractivity contribution in [1.82, 2.24) is 9.55 Å². The van der Waals surface area contributed by atoms with Gasteiger partial charge in [-0.25, -0.2) is 4.98 Å². The van der Waals surface area contributed by atoms with Crippen molar-refractivity contribution in [3.63, 3.8) is 0 Å². The average molecular weight is 197 g/mol. The monoisotopic (exact) mass is 196 g/mol. The van der Waals surface area contributed by atoms with Gasteiger partial charge in [-0.15, -0.1) is 11.6 Å². The van der Waals surface area contributed by atoms with Gasteiger partial charge in [0.1, 0.15) is 0 Å². The van der Waals surface area contributed by atoms with Crippen LogP contribution in [-0.2, 0) is 7.05 Å². The average Bonchev–Trinajstić information content (AvgIpc) is 2.45. The fourth-order valence-electron chi connectivity index (χ4n) is 1.66. The van der Waals surface area contributed by atoms with Crippen LogP contribution in [0.15, 0.2) is 11.9 Å². The van der Waals surface area contributed by atoms with Gasteiger partial charge in [-0.2, -0.15) is 0 Å². The zero-order valence-corrected chi connectivity index (χ0v) is 8.84. The van der Waals surface area contributed by atoms with Gasteiger partial charge in [-0.1, -0.05) is 12.5 Å². The standard InChI is InChI=1S/C10H13ClN2/c1-6-4-8-10(9(11)7(6)2)12-5-13(8)3/h4-5,7,9H,1-3H3/t7-,9?/m0/s1. The summed E-state index contributed by atoms with van der Waals surface area (Å²) in [6, 6.07) is 0. The summed E-state index contributed by atoms with van der Waals surface area (Å²) in [6.07, 6.45) is 3.99. The maximum Gasteiger partial charge on any atom is 0.0952 e. The number of fused-ring (bicyclic) bond motifs is 1. The van der Waals surface area contributed by atoms with Gasteiger partial charge in [0.15, 0.2) is 0 Å². The van der Waals surface area contributed by atoms with Crippen molar-refractivity contribution in [3.8, 4) is 0 Å². The van der Waals surface area contributed by atoms with Crippen molar-refractivity contribution in [3.05, 3.63) is 23.3 Å². The Kier molecular flexibility index (Phi) is 1.95. The summed E-state index contributed by atoms with van der Waals surface area (Å²) in [6.45, 7) is 4.26. The number of alkyl halides is 1. The van der Waals surface area contributed by atoms with E-state index in [0.717, 1.165) is 11.4 Å². The zero-order chi connectivity index (χ0) is 9.59. The number of aromatic nitrogens is 2. The molecule has 2 atom stereocenters. The van der Waals surface area contributed by atoms with Gasteiger partial charge in [-0.3, -0.25) is 0 Å². The van der Waals surface area contributed by atoms with Crippen molar-refractivity contribution >= 4 is 17.7 Å². The van der Waals surface area contributed by atoms with E-state index >= 15 is 0 Å². The van der Waals surface area contributed by atoms with Gasteiger partial charge in [0, 0.05) is 7.05 Å². The Labute approximate surface area is 83.2 Å². The first-order valence-corrected chi connectivity index (χ1v) is 4.88. The summed E-state index contributed by atoms with van der Waals surface area (Å²) < 4.78 is 2.01. The van der Waals surface area contributed by atoms with E-state index in [2.05, 4.69) is 24.9 Å². The second-order valence-electron chi connectivity index (χ2n) is 3.70. The highest BCUT2D eigenvalue weighted by molar-refractivity contribution is 6.21. The molecule has 0 saturated carbocycles. The Morgan fingerprint density at radius 3 is 2.92 bits per heavy atom. The predicted molar refractivity (Wildman–Crippen MR) is 54.6 cm³/mol. The van der Waals surface area contributed by atoms with Gasteiger partial charge in [-0.05, 0) is 18.9 Å². The second-order valence-corrected chi connectivity index (χ2v) is 4.17. The summed E-state index contributed by atoms with van der Waals surface area (Å²) >= 11 is 6.29. The van der Waals surface area contributed by atoms with Crippen LogP contribution in [0, 0.1) is 5.92 Å². The van der Waals surface area contributed by atoms with E-state index in [0.29, 0.717) is 5.92 Å².